The summed E-state index contributed by atoms with van der Waals surface area (Å²) in [5.74, 6) is 1.59. The summed E-state index contributed by atoms with van der Waals surface area (Å²) in [7, 11) is 3.50. The third-order valence-electron chi connectivity index (χ3n) is 3.33. The van der Waals surface area contributed by atoms with Gasteiger partial charge >= 0.3 is 0 Å². The van der Waals surface area contributed by atoms with Crippen LogP contribution in [0.1, 0.15) is 43.7 Å². The Bertz CT molecular complexity index is 690. The van der Waals surface area contributed by atoms with E-state index >= 15 is 0 Å². The van der Waals surface area contributed by atoms with Crippen molar-refractivity contribution in [3.05, 3.63) is 22.6 Å². The van der Waals surface area contributed by atoms with E-state index in [1.54, 1.807) is 13.3 Å². The topological polar surface area (TPSA) is 88.6 Å². The van der Waals surface area contributed by atoms with Crippen molar-refractivity contribution < 1.29 is 4.74 Å². The van der Waals surface area contributed by atoms with Gasteiger partial charge in [-0.1, -0.05) is 19.3 Å². The van der Waals surface area contributed by atoms with Crippen molar-refractivity contribution in [3.8, 4) is 12.5 Å². The number of hydrogen-bond donors (Lipinski definition) is 1. The number of aromatic nitrogens is 4. The fourth-order valence-electron chi connectivity index (χ4n) is 1.94. The molecule has 2 aromatic rings. The number of hydrogen-bond acceptors (Lipinski definition) is 6. The van der Waals surface area contributed by atoms with Crippen LogP contribution in [0.4, 0.5) is 11.6 Å². The first-order valence-electron chi connectivity index (χ1n) is 7.80. The average Bonchev–Trinajstić information content (AvgIpc) is 3.50. The molecule has 2 aromatic heterocycles. The van der Waals surface area contributed by atoms with E-state index < -0.39 is 0 Å². The average molecular weight is 393 g/mol. The smallest absolute Gasteiger partial charge is 0.232 e. The van der Waals surface area contributed by atoms with Crippen LogP contribution in [0.5, 0.6) is 5.88 Å². The Morgan fingerprint density at radius 2 is 2.00 bits per heavy atom. The molecule has 0 aliphatic heterocycles. The first-order chi connectivity index (χ1) is 11.7. The Hall–Kier alpha value is -2.14. The van der Waals surface area contributed by atoms with Crippen molar-refractivity contribution in [1.29, 1.82) is 5.26 Å². The molecule has 2 saturated carbocycles. The van der Waals surface area contributed by atoms with Gasteiger partial charge in [0.1, 0.15) is 0 Å². The van der Waals surface area contributed by atoms with E-state index in [1.807, 2.05) is 17.9 Å². The van der Waals surface area contributed by atoms with Crippen LogP contribution in [0.3, 0.4) is 0 Å². The van der Waals surface area contributed by atoms with Gasteiger partial charge in [0.25, 0.3) is 0 Å². The zero-order valence-electron chi connectivity index (χ0n) is 13.9. The van der Waals surface area contributed by atoms with E-state index in [4.69, 9.17) is 10.00 Å². The number of halogens is 1. The number of nitrogens with one attached hydrogen (secondary N) is 1. The number of methoxy groups -OCH3 is 1. The van der Waals surface area contributed by atoms with Crippen molar-refractivity contribution >= 4 is 27.6 Å². The highest BCUT2D eigenvalue weighted by Gasteiger charge is 2.29. The molecule has 0 aromatic carbocycles. The van der Waals surface area contributed by atoms with Crippen molar-refractivity contribution in [3.63, 3.8) is 0 Å². The van der Waals surface area contributed by atoms with Gasteiger partial charge in [-0.2, -0.15) is 10.1 Å². The van der Waals surface area contributed by atoms with Gasteiger partial charge in [-0.3, -0.25) is 4.68 Å². The molecule has 24 heavy (non-hydrogen) atoms. The Labute approximate surface area is 150 Å². The van der Waals surface area contributed by atoms with Gasteiger partial charge in [0.2, 0.25) is 11.8 Å². The summed E-state index contributed by atoms with van der Waals surface area (Å²) < 4.78 is 7.70. The molecule has 0 atom stereocenters. The van der Waals surface area contributed by atoms with E-state index in [-0.39, 0.29) is 0 Å². The monoisotopic (exact) mass is 392 g/mol. The SMILES string of the molecule is C#N.C1CC1.COc1nc(Nc2cn(C)nc2C2CC2)ncc1Br. The van der Waals surface area contributed by atoms with Crippen LogP contribution in [0, 0.1) is 11.8 Å². The standard InChI is InChI=1S/C12H14BrN5O.C3H6.CHN/c1-18-6-9(10(17-18)7-3-4-7)15-12-14-5-8(13)11(16-12)19-2;1-2-3-1;1-2/h5-7H,3-4H2,1-2H3,(H,14,15,16);1-3H2;1H. The lowest BCUT2D eigenvalue weighted by atomic mass is 10.2. The molecule has 2 aliphatic rings. The molecule has 4 rings (SSSR count). The molecule has 7 nitrogen and oxygen atoms in total. The fourth-order valence-corrected chi connectivity index (χ4v) is 2.29. The largest absolute Gasteiger partial charge is 0.480 e. The Kier molecular flexibility index (Phi) is 6.55. The van der Waals surface area contributed by atoms with Gasteiger partial charge in [0.15, 0.2) is 0 Å². The van der Waals surface area contributed by atoms with E-state index in [0.29, 0.717) is 17.7 Å². The zero-order valence-corrected chi connectivity index (χ0v) is 15.5. The molecule has 0 bridgehead atoms. The van der Waals surface area contributed by atoms with Crippen LogP contribution in [0.15, 0.2) is 16.9 Å². The lowest BCUT2D eigenvalue weighted by Crippen LogP contribution is -2.00. The van der Waals surface area contributed by atoms with Crippen molar-refractivity contribution in [2.24, 2.45) is 7.05 Å². The number of anilines is 2. The number of rotatable bonds is 4. The third-order valence-corrected chi connectivity index (χ3v) is 3.87. The highest BCUT2D eigenvalue weighted by molar-refractivity contribution is 9.10. The molecule has 2 aliphatic carbocycles. The molecule has 0 unspecified atom stereocenters. The summed E-state index contributed by atoms with van der Waals surface area (Å²) in [4.78, 5) is 8.51. The van der Waals surface area contributed by atoms with Gasteiger partial charge in [-0.05, 0) is 28.8 Å². The maximum absolute atomic E-state index is 6.50. The number of ether oxygens (including phenoxy) is 1. The molecule has 2 heterocycles. The predicted molar refractivity (Wildman–Crippen MR) is 95.3 cm³/mol. The number of nitriles is 1. The number of aryl methyl sites for hydroxylation is 1. The van der Waals surface area contributed by atoms with Crippen LogP contribution in [-0.4, -0.2) is 26.9 Å². The van der Waals surface area contributed by atoms with E-state index in [2.05, 4.69) is 42.9 Å². The Morgan fingerprint density at radius 3 is 2.54 bits per heavy atom. The molecule has 2 fully saturated rings. The van der Waals surface area contributed by atoms with Gasteiger partial charge in [-0.25, -0.2) is 10.2 Å². The maximum Gasteiger partial charge on any atom is 0.232 e. The molecule has 8 heteroatoms. The first kappa shape index (κ1) is 18.2. The summed E-state index contributed by atoms with van der Waals surface area (Å²) >= 11 is 3.33. The lowest BCUT2D eigenvalue weighted by Gasteiger charge is -2.06. The van der Waals surface area contributed by atoms with E-state index in [1.165, 1.54) is 32.1 Å². The van der Waals surface area contributed by atoms with Gasteiger partial charge in [0.05, 0.1) is 29.2 Å². The van der Waals surface area contributed by atoms with Crippen LogP contribution in [0.25, 0.3) is 0 Å². The van der Waals surface area contributed by atoms with Gasteiger partial charge < -0.3 is 10.1 Å². The molecular weight excluding hydrogens is 372 g/mol. The Morgan fingerprint density at radius 1 is 1.33 bits per heavy atom. The second-order valence-corrected chi connectivity index (χ2v) is 6.47. The minimum atomic E-state index is 0.509. The highest BCUT2D eigenvalue weighted by Crippen LogP contribution is 2.42. The van der Waals surface area contributed by atoms with Crippen molar-refractivity contribution in [1.82, 2.24) is 19.7 Å². The summed E-state index contributed by atoms with van der Waals surface area (Å²) in [5.41, 5.74) is 2.06. The second-order valence-electron chi connectivity index (χ2n) is 5.61. The van der Waals surface area contributed by atoms with Crippen LogP contribution in [-0.2, 0) is 7.05 Å². The molecule has 128 valence electrons. The third kappa shape index (κ3) is 5.20. The molecule has 0 amide bonds. The van der Waals surface area contributed by atoms with E-state index in [9.17, 15) is 0 Å². The number of nitrogens with zero attached hydrogens (tertiary/aromatic N) is 5. The predicted octanol–water partition coefficient (Wildman–Crippen LogP) is 3.91. The summed E-state index contributed by atoms with van der Waals surface area (Å²) in [6.45, 7) is 3.50. The van der Waals surface area contributed by atoms with Gasteiger partial charge in [0, 0.05) is 25.7 Å². The first-order valence-corrected chi connectivity index (χ1v) is 8.59. The lowest BCUT2D eigenvalue weighted by molar-refractivity contribution is 0.394. The van der Waals surface area contributed by atoms with Crippen LogP contribution in [0.2, 0.25) is 0 Å². The Balaban J connectivity index is 0.000000366. The summed E-state index contributed by atoms with van der Waals surface area (Å²) in [6.07, 6.45) is 10.5. The molecule has 0 spiro atoms. The summed E-state index contributed by atoms with van der Waals surface area (Å²) in [6, 6.07) is 0. The second kappa shape index (κ2) is 8.64. The zero-order chi connectivity index (χ0) is 17.5. The molecule has 1 N–H and O–H groups in total. The van der Waals surface area contributed by atoms with Gasteiger partial charge in [-0.15, -0.1) is 0 Å². The minimum absolute atomic E-state index is 0.509. The van der Waals surface area contributed by atoms with Crippen molar-refractivity contribution in [2.75, 3.05) is 12.4 Å². The van der Waals surface area contributed by atoms with E-state index in [0.717, 1.165) is 15.9 Å². The van der Waals surface area contributed by atoms with Crippen LogP contribution >= 0.6 is 15.9 Å². The normalized spacial score (nSPS) is 14.5. The van der Waals surface area contributed by atoms with Crippen molar-refractivity contribution in [2.45, 2.75) is 38.0 Å². The summed E-state index contributed by atoms with van der Waals surface area (Å²) in [5, 5.41) is 14.2. The highest BCUT2D eigenvalue weighted by atomic mass is 79.9. The quantitative estimate of drug-likeness (QED) is 0.847. The maximum atomic E-state index is 6.50. The molecular formula is C16H21BrN6O. The fraction of sp³-hybridized carbons (Fsp3) is 0.500. The van der Waals surface area contributed by atoms with Crippen LogP contribution < -0.4 is 10.1 Å². The minimum Gasteiger partial charge on any atom is -0.480 e. The molecule has 0 radical (unpaired) electrons. The molecule has 0 saturated heterocycles.